The van der Waals surface area contributed by atoms with Crippen LogP contribution >= 0.6 is 0 Å². The molecule has 4 nitrogen and oxygen atoms in total. The van der Waals surface area contributed by atoms with Crippen LogP contribution in [0.5, 0.6) is 0 Å². The first-order valence-electron chi connectivity index (χ1n) is 7.48. The van der Waals surface area contributed by atoms with E-state index in [-0.39, 0.29) is 5.92 Å². The third-order valence-electron chi connectivity index (χ3n) is 4.43. The first-order valence-corrected chi connectivity index (χ1v) is 7.48. The van der Waals surface area contributed by atoms with Crippen molar-refractivity contribution in [3.05, 3.63) is 47.4 Å². The third-order valence-corrected chi connectivity index (χ3v) is 4.43. The van der Waals surface area contributed by atoms with Crippen molar-refractivity contribution in [2.75, 3.05) is 7.05 Å². The molecule has 1 aromatic rings. The molecule has 124 valence electrons. The van der Waals surface area contributed by atoms with Gasteiger partial charge in [-0.05, 0) is 24.3 Å². The van der Waals surface area contributed by atoms with Gasteiger partial charge in [0.25, 0.3) is 12.3 Å². The summed E-state index contributed by atoms with van der Waals surface area (Å²) in [5.41, 5.74) is 5.32. The minimum Gasteiger partial charge on any atom is -0.366 e. The zero-order chi connectivity index (χ0) is 16.7. The van der Waals surface area contributed by atoms with Crippen molar-refractivity contribution in [2.45, 2.75) is 31.4 Å². The maximum Gasteiger partial charge on any atom is 0.260 e. The van der Waals surface area contributed by atoms with Crippen LogP contribution in [0.15, 0.2) is 41.9 Å². The number of benzene rings is 1. The molecule has 3 rings (SSSR count). The number of carbonyl (C=O) groups excluding carboxylic acids is 1. The van der Waals surface area contributed by atoms with Crippen LogP contribution in [-0.2, 0) is 4.79 Å². The maximum atomic E-state index is 14.4. The Hall–Kier alpha value is -2.02. The zero-order valence-electron chi connectivity index (χ0n) is 12.6. The highest BCUT2D eigenvalue weighted by Crippen LogP contribution is 2.49. The van der Waals surface area contributed by atoms with Crippen LogP contribution in [0.2, 0.25) is 0 Å². The summed E-state index contributed by atoms with van der Waals surface area (Å²) in [6.07, 6.45) is -1.15. The summed E-state index contributed by atoms with van der Waals surface area (Å²) in [6.45, 7) is 0. The van der Waals surface area contributed by atoms with Gasteiger partial charge in [0.05, 0.1) is 11.6 Å². The largest absolute Gasteiger partial charge is 0.366 e. The molecule has 2 unspecified atom stereocenters. The molecule has 0 spiro atoms. The molecule has 1 aliphatic carbocycles. The first kappa shape index (κ1) is 15.9. The number of alkyl halides is 2. The van der Waals surface area contributed by atoms with Gasteiger partial charge >= 0.3 is 0 Å². The zero-order valence-corrected chi connectivity index (χ0v) is 12.6. The lowest BCUT2D eigenvalue weighted by Crippen LogP contribution is -2.48. The summed E-state index contributed by atoms with van der Waals surface area (Å²) < 4.78 is 41.6. The highest BCUT2D eigenvalue weighted by Gasteiger charge is 2.51. The van der Waals surface area contributed by atoms with E-state index in [0.29, 0.717) is 0 Å². The summed E-state index contributed by atoms with van der Waals surface area (Å²) >= 11 is 0. The number of hydrogen-bond donors (Lipinski definition) is 1. The molecule has 1 fully saturated rings. The first-order chi connectivity index (χ1) is 10.9. The molecule has 7 heteroatoms. The summed E-state index contributed by atoms with van der Waals surface area (Å²) in [4.78, 5) is 11.5. The molecular weight excluding hydrogens is 307 g/mol. The predicted octanol–water partition coefficient (Wildman–Crippen LogP) is 2.60. The lowest BCUT2D eigenvalue weighted by atomic mass is 9.99. The second kappa shape index (κ2) is 5.88. The molecule has 23 heavy (non-hydrogen) atoms. The Balaban J connectivity index is 2.04. The topological polar surface area (TPSA) is 49.6 Å². The number of hydrazine groups is 1. The van der Waals surface area contributed by atoms with Gasteiger partial charge in [-0.15, -0.1) is 0 Å². The monoisotopic (exact) mass is 325 g/mol. The second-order valence-electron chi connectivity index (χ2n) is 5.94. The SMILES string of the molecule is CN1C(F)=C(C(N)=O)C(C(F)F)N1C(c1ccccc1)C1CC1. The van der Waals surface area contributed by atoms with Crippen molar-refractivity contribution in [1.29, 1.82) is 0 Å². The molecule has 0 bridgehead atoms. The quantitative estimate of drug-likeness (QED) is 0.847. The van der Waals surface area contributed by atoms with E-state index in [1.54, 1.807) is 0 Å². The molecule has 1 heterocycles. The van der Waals surface area contributed by atoms with Crippen molar-refractivity contribution in [3.63, 3.8) is 0 Å². The normalized spacial score (nSPS) is 23.7. The van der Waals surface area contributed by atoms with Crippen LogP contribution in [-0.4, -0.2) is 35.4 Å². The molecule has 1 saturated carbocycles. The number of carbonyl (C=O) groups is 1. The summed E-state index contributed by atoms with van der Waals surface area (Å²) in [5, 5.41) is 2.28. The van der Waals surface area contributed by atoms with Crippen LogP contribution in [0.3, 0.4) is 0 Å². The van der Waals surface area contributed by atoms with E-state index in [1.807, 2.05) is 30.3 Å². The van der Waals surface area contributed by atoms with Crippen molar-refractivity contribution >= 4 is 5.91 Å². The number of amides is 1. The molecule has 1 aromatic carbocycles. The van der Waals surface area contributed by atoms with E-state index in [4.69, 9.17) is 5.73 Å². The Morgan fingerprint density at radius 3 is 2.35 bits per heavy atom. The van der Waals surface area contributed by atoms with Gasteiger partial charge in [0.1, 0.15) is 6.04 Å². The van der Waals surface area contributed by atoms with Crippen LogP contribution in [0.25, 0.3) is 0 Å². The fourth-order valence-electron chi connectivity index (χ4n) is 3.27. The molecule has 2 atom stereocenters. The van der Waals surface area contributed by atoms with E-state index in [0.717, 1.165) is 23.4 Å². The molecule has 2 N–H and O–H groups in total. The van der Waals surface area contributed by atoms with Gasteiger partial charge in [-0.25, -0.2) is 8.78 Å². The lowest BCUT2D eigenvalue weighted by molar-refractivity contribution is -0.117. The Morgan fingerprint density at radius 2 is 1.87 bits per heavy atom. The molecule has 1 aliphatic heterocycles. The minimum atomic E-state index is -2.92. The maximum absolute atomic E-state index is 14.4. The molecule has 0 saturated heterocycles. The number of rotatable bonds is 5. The van der Waals surface area contributed by atoms with E-state index >= 15 is 0 Å². The highest BCUT2D eigenvalue weighted by atomic mass is 19.3. The summed E-state index contributed by atoms with van der Waals surface area (Å²) in [6, 6.07) is 7.05. The summed E-state index contributed by atoms with van der Waals surface area (Å²) in [5.74, 6) is -1.99. The molecular formula is C16H18F3N3O. The number of hydrogen-bond acceptors (Lipinski definition) is 3. The van der Waals surface area contributed by atoms with Crippen molar-refractivity contribution < 1.29 is 18.0 Å². The number of nitrogens with two attached hydrogens (primary N) is 1. The number of nitrogens with zero attached hydrogens (tertiary/aromatic N) is 2. The van der Waals surface area contributed by atoms with E-state index in [1.165, 1.54) is 12.1 Å². The van der Waals surface area contributed by atoms with Gasteiger partial charge < -0.3 is 5.73 Å². The minimum absolute atomic E-state index is 0.154. The Kier molecular flexibility index (Phi) is 4.06. The average Bonchev–Trinajstić information content (AvgIpc) is 3.30. The van der Waals surface area contributed by atoms with E-state index in [9.17, 15) is 18.0 Å². The Labute approximate surface area is 132 Å². The van der Waals surface area contributed by atoms with Gasteiger partial charge in [-0.3, -0.25) is 9.80 Å². The van der Waals surface area contributed by atoms with Gasteiger partial charge in [-0.2, -0.15) is 9.40 Å². The Bertz CT molecular complexity index is 631. The van der Waals surface area contributed by atoms with Crippen LogP contribution in [0, 0.1) is 5.92 Å². The van der Waals surface area contributed by atoms with Gasteiger partial charge in [0, 0.05) is 7.05 Å². The van der Waals surface area contributed by atoms with E-state index in [2.05, 4.69) is 0 Å². The van der Waals surface area contributed by atoms with Crippen molar-refractivity contribution in [2.24, 2.45) is 11.7 Å². The smallest absolute Gasteiger partial charge is 0.260 e. The fourth-order valence-corrected chi connectivity index (χ4v) is 3.27. The predicted molar refractivity (Wildman–Crippen MR) is 78.6 cm³/mol. The summed E-state index contributed by atoms with van der Waals surface area (Å²) in [7, 11) is 1.35. The van der Waals surface area contributed by atoms with Gasteiger partial charge in [-0.1, -0.05) is 30.3 Å². The van der Waals surface area contributed by atoms with Crippen LogP contribution < -0.4 is 5.73 Å². The third kappa shape index (κ3) is 2.69. The number of primary amides is 1. The Morgan fingerprint density at radius 1 is 1.26 bits per heavy atom. The van der Waals surface area contributed by atoms with Gasteiger partial charge in [0.2, 0.25) is 5.95 Å². The van der Waals surface area contributed by atoms with Crippen molar-refractivity contribution in [3.8, 4) is 0 Å². The van der Waals surface area contributed by atoms with Crippen molar-refractivity contribution in [1.82, 2.24) is 10.0 Å². The molecule has 0 aromatic heterocycles. The standard InChI is InChI=1S/C16H18F3N3O/c1-21-15(19)11(16(20)23)13(14(17)18)22(21)12(10-7-8-10)9-5-3-2-4-6-9/h2-6,10,12-14H,7-8H2,1H3,(H2,20,23). The average molecular weight is 325 g/mol. The fraction of sp³-hybridized carbons (Fsp3) is 0.438. The second-order valence-corrected chi connectivity index (χ2v) is 5.94. The highest BCUT2D eigenvalue weighted by molar-refractivity contribution is 5.94. The molecule has 1 amide bonds. The molecule has 2 aliphatic rings. The van der Waals surface area contributed by atoms with Gasteiger partial charge in [0.15, 0.2) is 0 Å². The van der Waals surface area contributed by atoms with Crippen LogP contribution in [0.4, 0.5) is 13.2 Å². The van der Waals surface area contributed by atoms with E-state index < -0.39 is 35.9 Å². The number of halogens is 3. The lowest BCUT2D eigenvalue weighted by Gasteiger charge is -2.38. The molecule has 0 radical (unpaired) electrons. The van der Waals surface area contributed by atoms with Crippen LogP contribution in [0.1, 0.15) is 24.4 Å².